The average Bonchev–Trinajstić information content (AvgIpc) is 2.68. The Morgan fingerprint density at radius 1 is 1.12 bits per heavy atom. The molecule has 0 aliphatic heterocycles. The molecule has 0 atom stereocenters. The first-order chi connectivity index (χ1) is 7.84. The molecular weight excluding hydrogens is 198 g/mol. The van der Waals surface area contributed by atoms with Crippen molar-refractivity contribution in [3.05, 3.63) is 23.7 Å². The number of hydrogen-bond donors (Lipinski definition) is 1. The van der Waals surface area contributed by atoms with Crippen LogP contribution in [0.5, 0.6) is 0 Å². The van der Waals surface area contributed by atoms with Crippen LogP contribution in [0, 0.1) is 6.92 Å². The first-order valence-corrected chi connectivity index (χ1v) is 6.58. The Labute approximate surface area is 99.4 Å². The molecule has 0 aliphatic rings. The Balaban J connectivity index is 1.91. The summed E-state index contributed by atoms with van der Waals surface area (Å²) in [5.41, 5.74) is 1.25. The van der Waals surface area contributed by atoms with Crippen molar-refractivity contribution < 1.29 is 4.42 Å². The van der Waals surface area contributed by atoms with E-state index in [1.165, 1.54) is 44.1 Å². The SMILES string of the molecule is CCCCCCCCNCc1occc1C. The van der Waals surface area contributed by atoms with Gasteiger partial charge < -0.3 is 9.73 Å². The van der Waals surface area contributed by atoms with E-state index in [1.54, 1.807) is 6.26 Å². The van der Waals surface area contributed by atoms with Gasteiger partial charge in [0.1, 0.15) is 5.76 Å². The Morgan fingerprint density at radius 3 is 2.56 bits per heavy atom. The van der Waals surface area contributed by atoms with Crippen LogP contribution in [-0.4, -0.2) is 6.54 Å². The van der Waals surface area contributed by atoms with E-state index in [0.717, 1.165) is 18.8 Å². The summed E-state index contributed by atoms with van der Waals surface area (Å²) < 4.78 is 5.36. The van der Waals surface area contributed by atoms with Gasteiger partial charge in [-0.15, -0.1) is 0 Å². The van der Waals surface area contributed by atoms with Gasteiger partial charge in [-0.2, -0.15) is 0 Å². The van der Waals surface area contributed by atoms with Gasteiger partial charge in [0.2, 0.25) is 0 Å². The molecule has 0 fully saturated rings. The lowest BCUT2D eigenvalue weighted by Crippen LogP contribution is -2.14. The lowest BCUT2D eigenvalue weighted by molar-refractivity contribution is 0.474. The molecule has 0 aliphatic carbocycles. The van der Waals surface area contributed by atoms with Gasteiger partial charge in [0.05, 0.1) is 12.8 Å². The minimum absolute atomic E-state index is 0.869. The molecule has 0 bridgehead atoms. The second-order valence-corrected chi connectivity index (χ2v) is 4.47. The van der Waals surface area contributed by atoms with Gasteiger partial charge in [0.15, 0.2) is 0 Å². The molecule has 0 saturated carbocycles. The standard InChI is InChI=1S/C14H25NO/c1-3-4-5-6-7-8-10-15-12-14-13(2)9-11-16-14/h9,11,15H,3-8,10,12H2,1-2H3. The van der Waals surface area contributed by atoms with Crippen LogP contribution in [0.25, 0.3) is 0 Å². The third kappa shape index (κ3) is 5.36. The summed E-state index contributed by atoms with van der Waals surface area (Å²) in [6, 6.07) is 2.02. The van der Waals surface area contributed by atoms with Crippen molar-refractivity contribution in [3.8, 4) is 0 Å². The fraction of sp³-hybridized carbons (Fsp3) is 0.714. The van der Waals surface area contributed by atoms with Crippen molar-refractivity contribution >= 4 is 0 Å². The lowest BCUT2D eigenvalue weighted by Gasteiger charge is -2.03. The maximum Gasteiger partial charge on any atom is 0.120 e. The largest absolute Gasteiger partial charge is 0.468 e. The minimum Gasteiger partial charge on any atom is -0.468 e. The highest BCUT2D eigenvalue weighted by Gasteiger charge is 1.99. The van der Waals surface area contributed by atoms with Crippen molar-refractivity contribution in [2.24, 2.45) is 0 Å². The summed E-state index contributed by atoms with van der Waals surface area (Å²) in [6.45, 7) is 6.32. The van der Waals surface area contributed by atoms with E-state index in [1.807, 2.05) is 6.07 Å². The molecule has 16 heavy (non-hydrogen) atoms. The lowest BCUT2D eigenvalue weighted by atomic mass is 10.1. The van der Waals surface area contributed by atoms with Gasteiger partial charge in [-0.3, -0.25) is 0 Å². The topological polar surface area (TPSA) is 25.2 Å². The molecule has 2 nitrogen and oxygen atoms in total. The molecule has 0 spiro atoms. The highest BCUT2D eigenvalue weighted by molar-refractivity contribution is 5.13. The average molecular weight is 223 g/mol. The van der Waals surface area contributed by atoms with Crippen LogP contribution in [0.3, 0.4) is 0 Å². The first kappa shape index (κ1) is 13.3. The number of aryl methyl sites for hydroxylation is 1. The number of nitrogens with one attached hydrogen (secondary N) is 1. The number of unbranched alkanes of at least 4 members (excludes halogenated alkanes) is 5. The maximum absolute atomic E-state index is 5.36. The van der Waals surface area contributed by atoms with E-state index < -0.39 is 0 Å². The van der Waals surface area contributed by atoms with Crippen LogP contribution in [0.15, 0.2) is 16.7 Å². The van der Waals surface area contributed by atoms with Crippen molar-refractivity contribution in [1.82, 2.24) is 5.32 Å². The molecule has 2 heteroatoms. The zero-order chi connectivity index (χ0) is 11.6. The molecule has 0 aromatic carbocycles. The molecule has 0 radical (unpaired) electrons. The first-order valence-electron chi connectivity index (χ1n) is 6.58. The van der Waals surface area contributed by atoms with Crippen LogP contribution >= 0.6 is 0 Å². The van der Waals surface area contributed by atoms with Crippen molar-refractivity contribution in [2.75, 3.05) is 6.54 Å². The summed E-state index contributed by atoms with van der Waals surface area (Å²) in [7, 11) is 0. The van der Waals surface area contributed by atoms with Gasteiger partial charge in [0, 0.05) is 0 Å². The van der Waals surface area contributed by atoms with Crippen LogP contribution in [-0.2, 0) is 6.54 Å². The second kappa shape index (κ2) is 8.40. The van der Waals surface area contributed by atoms with E-state index in [9.17, 15) is 0 Å². The fourth-order valence-electron chi connectivity index (χ4n) is 1.82. The second-order valence-electron chi connectivity index (χ2n) is 4.47. The number of rotatable bonds is 9. The van der Waals surface area contributed by atoms with E-state index in [-0.39, 0.29) is 0 Å². The molecule has 1 rings (SSSR count). The zero-order valence-corrected chi connectivity index (χ0v) is 10.7. The predicted octanol–water partition coefficient (Wildman–Crippen LogP) is 4.04. The predicted molar refractivity (Wildman–Crippen MR) is 68.5 cm³/mol. The minimum atomic E-state index is 0.869. The van der Waals surface area contributed by atoms with Gasteiger partial charge in [0.25, 0.3) is 0 Å². The monoisotopic (exact) mass is 223 g/mol. The van der Waals surface area contributed by atoms with Gasteiger partial charge >= 0.3 is 0 Å². The molecule has 0 amide bonds. The van der Waals surface area contributed by atoms with Crippen LogP contribution in [0.2, 0.25) is 0 Å². The van der Waals surface area contributed by atoms with Gasteiger partial charge in [-0.25, -0.2) is 0 Å². The van der Waals surface area contributed by atoms with Crippen LogP contribution in [0.4, 0.5) is 0 Å². The fourth-order valence-corrected chi connectivity index (χ4v) is 1.82. The number of furan rings is 1. The molecule has 1 aromatic heterocycles. The third-order valence-corrected chi connectivity index (χ3v) is 2.96. The van der Waals surface area contributed by atoms with Crippen molar-refractivity contribution in [3.63, 3.8) is 0 Å². The van der Waals surface area contributed by atoms with Crippen molar-refractivity contribution in [1.29, 1.82) is 0 Å². The molecule has 0 unspecified atom stereocenters. The van der Waals surface area contributed by atoms with Crippen LogP contribution < -0.4 is 5.32 Å². The molecule has 1 heterocycles. The van der Waals surface area contributed by atoms with E-state index in [4.69, 9.17) is 4.42 Å². The summed E-state index contributed by atoms with van der Waals surface area (Å²) in [5, 5.41) is 3.43. The highest BCUT2D eigenvalue weighted by atomic mass is 16.3. The summed E-state index contributed by atoms with van der Waals surface area (Å²) in [4.78, 5) is 0. The molecule has 1 N–H and O–H groups in total. The van der Waals surface area contributed by atoms with Gasteiger partial charge in [-0.1, -0.05) is 39.0 Å². The quantitative estimate of drug-likeness (QED) is 0.639. The smallest absolute Gasteiger partial charge is 0.120 e. The Kier molecular flexibility index (Phi) is 6.98. The van der Waals surface area contributed by atoms with Crippen molar-refractivity contribution in [2.45, 2.75) is 58.9 Å². The summed E-state index contributed by atoms with van der Waals surface area (Å²) in [5.74, 6) is 1.07. The Morgan fingerprint density at radius 2 is 1.88 bits per heavy atom. The maximum atomic E-state index is 5.36. The number of hydrogen-bond acceptors (Lipinski definition) is 2. The summed E-state index contributed by atoms with van der Waals surface area (Å²) >= 11 is 0. The molecule has 0 saturated heterocycles. The Hall–Kier alpha value is -0.760. The Bertz CT molecular complexity index is 267. The highest BCUT2D eigenvalue weighted by Crippen LogP contribution is 2.08. The molecule has 92 valence electrons. The van der Waals surface area contributed by atoms with E-state index >= 15 is 0 Å². The normalized spacial score (nSPS) is 10.9. The molecular formula is C14H25NO. The molecule has 1 aromatic rings. The van der Waals surface area contributed by atoms with E-state index in [2.05, 4.69) is 19.2 Å². The van der Waals surface area contributed by atoms with E-state index in [0.29, 0.717) is 0 Å². The van der Waals surface area contributed by atoms with Crippen LogP contribution in [0.1, 0.15) is 56.8 Å². The zero-order valence-electron chi connectivity index (χ0n) is 10.7. The third-order valence-electron chi connectivity index (χ3n) is 2.96. The van der Waals surface area contributed by atoms with Gasteiger partial charge in [-0.05, 0) is 31.5 Å². The summed E-state index contributed by atoms with van der Waals surface area (Å²) in [6.07, 6.45) is 9.89.